The Balaban J connectivity index is 1.08. The van der Waals surface area contributed by atoms with Crippen molar-refractivity contribution in [3.63, 3.8) is 0 Å². The van der Waals surface area contributed by atoms with Crippen molar-refractivity contribution in [3.8, 4) is 51.1 Å². The highest BCUT2D eigenvalue weighted by Gasteiger charge is 2.39. The molecule has 0 saturated heterocycles. The van der Waals surface area contributed by atoms with Crippen molar-refractivity contribution in [1.29, 1.82) is 5.26 Å². The van der Waals surface area contributed by atoms with Gasteiger partial charge in [-0.25, -0.2) is 0 Å². The summed E-state index contributed by atoms with van der Waals surface area (Å²) in [5, 5.41) is 18.7. The Morgan fingerprint density at radius 1 is 0.300 bits per heavy atom. The van der Waals surface area contributed by atoms with E-state index in [2.05, 4.69) is 109 Å². The Morgan fingerprint density at radius 3 is 1.14 bits per heavy atom. The number of fused-ring (bicyclic) bond motifs is 12. The average Bonchev–Trinajstić information content (AvgIpc) is 4.36. The number of hydrogen-bond donors (Lipinski definition) is 0. The largest absolute Gasteiger partial charge is 0.417 e. The lowest BCUT2D eigenvalue weighted by Crippen LogP contribution is -2.12. The molecule has 0 aliphatic rings. The van der Waals surface area contributed by atoms with E-state index in [-0.39, 0.29) is 17.2 Å². The SMILES string of the molecule is N#Cc1ccc(-n2c3ccccc3c3cc4c5ccccc5n(-c5ccccc5)c4cc32)c(-c2cc(-c3ccc(C(F)(F)F)cc3C(F)(F)F)ccc2-n2c3ccccc3c3cc4c5ccccc5n(-c5ccccc5)c4cc32)c1. The fraction of sp³-hybridized carbons (Fsp3) is 0.0290. The molecule has 0 amide bonds. The Morgan fingerprint density at radius 2 is 0.700 bits per heavy atom. The summed E-state index contributed by atoms with van der Waals surface area (Å²) in [7, 11) is 0. The van der Waals surface area contributed by atoms with Crippen molar-refractivity contribution in [1.82, 2.24) is 18.3 Å². The Labute approximate surface area is 451 Å². The number of hydrogen-bond acceptors (Lipinski definition) is 1. The molecule has 0 unspecified atom stereocenters. The van der Waals surface area contributed by atoms with E-state index >= 15 is 13.2 Å². The number of para-hydroxylation sites is 6. The van der Waals surface area contributed by atoms with Gasteiger partial charge in [0.1, 0.15) is 0 Å². The van der Waals surface area contributed by atoms with Gasteiger partial charge in [0, 0.05) is 65.6 Å². The van der Waals surface area contributed by atoms with Gasteiger partial charge in [-0.05, 0) is 126 Å². The van der Waals surface area contributed by atoms with Crippen molar-refractivity contribution in [3.05, 3.63) is 253 Å². The van der Waals surface area contributed by atoms with Crippen LogP contribution in [-0.2, 0) is 12.4 Å². The van der Waals surface area contributed by atoms with Crippen LogP contribution in [0.25, 0.3) is 132 Å². The van der Waals surface area contributed by atoms with Crippen molar-refractivity contribution in [2.24, 2.45) is 0 Å². The predicted octanol–water partition coefficient (Wildman–Crippen LogP) is 19.3. The van der Waals surface area contributed by atoms with Gasteiger partial charge in [0.2, 0.25) is 0 Å². The lowest BCUT2D eigenvalue weighted by molar-refractivity contribution is -0.142. The zero-order valence-corrected chi connectivity index (χ0v) is 42.0. The molecule has 80 heavy (non-hydrogen) atoms. The van der Waals surface area contributed by atoms with Crippen molar-refractivity contribution >= 4 is 87.2 Å². The molecule has 0 atom stereocenters. The average molecular weight is 1050 g/mol. The van der Waals surface area contributed by atoms with Crippen molar-refractivity contribution in [2.75, 3.05) is 0 Å². The summed E-state index contributed by atoms with van der Waals surface area (Å²) in [6.45, 7) is 0. The van der Waals surface area contributed by atoms with Crippen LogP contribution in [-0.4, -0.2) is 18.3 Å². The number of aromatic nitrogens is 4. The van der Waals surface area contributed by atoms with Crippen molar-refractivity contribution < 1.29 is 26.3 Å². The summed E-state index contributed by atoms with van der Waals surface area (Å²) in [5.74, 6) is 0. The van der Waals surface area contributed by atoms with Crippen LogP contribution in [0.4, 0.5) is 26.3 Å². The molecular weight excluding hydrogens is 1010 g/mol. The molecule has 0 bridgehead atoms. The second-order valence-electron chi connectivity index (χ2n) is 20.2. The van der Waals surface area contributed by atoms with Crippen LogP contribution in [0.1, 0.15) is 16.7 Å². The Hall–Kier alpha value is -10.3. The van der Waals surface area contributed by atoms with Crippen LogP contribution in [0.5, 0.6) is 0 Å². The Bertz CT molecular complexity index is 5110. The highest BCUT2D eigenvalue weighted by atomic mass is 19.4. The van der Waals surface area contributed by atoms with Gasteiger partial charge in [0.25, 0.3) is 0 Å². The molecule has 0 radical (unpaired) electrons. The van der Waals surface area contributed by atoms with E-state index in [4.69, 9.17) is 0 Å². The molecule has 15 aromatic rings. The van der Waals surface area contributed by atoms with Crippen LogP contribution in [0.2, 0.25) is 0 Å². The number of rotatable bonds is 6. The minimum absolute atomic E-state index is 0.0294. The first-order chi connectivity index (χ1) is 38.9. The third-order valence-corrected chi connectivity index (χ3v) is 15.8. The van der Waals surface area contributed by atoms with Gasteiger partial charge >= 0.3 is 12.4 Å². The summed E-state index contributed by atoms with van der Waals surface area (Å²) in [5.41, 5.74) is 8.23. The van der Waals surface area contributed by atoms with E-state index in [1.165, 1.54) is 0 Å². The van der Waals surface area contributed by atoms with Crippen molar-refractivity contribution in [2.45, 2.75) is 12.4 Å². The van der Waals surface area contributed by atoms with E-state index in [9.17, 15) is 18.4 Å². The van der Waals surface area contributed by atoms with E-state index in [1.54, 1.807) is 30.3 Å². The molecule has 15 rings (SSSR count). The zero-order chi connectivity index (χ0) is 54.2. The van der Waals surface area contributed by atoms with Crippen LogP contribution in [0.3, 0.4) is 0 Å². The van der Waals surface area contributed by atoms with Gasteiger partial charge in [-0.2, -0.15) is 31.6 Å². The maximum atomic E-state index is 15.3. The molecule has 11 heteroatoms. The second kappa shape index (κ2) is 17.3. The van der Waals surface area contributed by atoms with Gasteiger partial charge in [-0.3, -0.25) is 0 Å². The predicted molar refractivity (Wildman–Crippen MR) is 309 cm³/mol. The number of alkyl halides is 6. The fourth-order valence-corrected chi connectivity index (χ4v) is 12.4. The first-order valence-corrected chi connectivity index (χ1v) is 25.9. The molecule has 0 aliphatic carbocycles. The molecule has 0 aliphatic heterocycles. The van der Waals surface area contributed by atoms with Crippen LogP contribution in [0.15, 0.2) is 237 Å². The molecule has 5 nitrogen and oxygen atoms in total. The third kappa shape index (κ3) is 7.05. The topological polar surface area (TPSA) is 43.5 Å². The summed E-state index contributed by atoms with van der Waals surface area (Å²) in [6, 6.07) is 75.9. The monoisotopic (exact) mass is 1050 g/mol. The summed E-state index contributed by atoms with van der Waals surface area (Å²) in [6.07, 6.45) is -10.2. The number of nitriles is 1. The van der Waals surface area contributed by atoms with Gasteiger partial charge < -0.3 is 18.3 Å². The summed E-state index contributed by atoms with van der Waals surface area (Å²) >= 11 is 0. The standard InChI is InChI=1S/C69H39F6N5/c70-68(71,72)43-29-30-46(57(35-43)69(73,74)75)42-28-32-63(80-61-26-14-10-22-50(61)56-37-54-48-20-8-12-24-59(48)78(65(54)39-67(56)80)45-17-5-2-6-18-45)52(34-42)51-33-41(40-76)27-31-62(51)79-60-25-13-9-21-49(60)55-36-53-47-19-7-11-23-58(47)77(64(53)38-66(55)79)44-15-3-1-4-16-44/h1-39H. The maximum absolute atomic E-state index is 15.3. The number of nitrogens with zero attached hydrogens (tertiary/aromatic N) is 5. The molecule has 0 N–H and O–H groups in total. The van der Waals surface area contributed by atoms with Gasteiger partial charge in [-0.1, -0.05) is 121 Å². The normalized spacial score (nSPS) is 12.4. The first-order valence-electron chi connectivity index (χ1n) is 25.9. The number of benzene rings is 11. The summed E-state index contributed by atoms with van der Waals surface area (Å²) in [4.78, 5) is 0. The number of halogens is 6. The molecule has 0 saturated carbocycles. The second-order valence-corrected chi connectivity index (χ2v) is 20.2. The smallest absolute Gasteiger partial charge is 0.309 e. The fourth-order valence-electron chi connectivity index (χ4n) is 12.4. The quantitative estimate of drug-likeness (QED) is 0.153. The minimum atomic E-state index is -5.16. The summed E-state index contributed by atoms with van der Waals surface area (Å²) < 4.78 is 97.3. The van der Waals surface area contributed by atoms with Crippen LogP contribution < -0.4 is 0 Å². The highest BCUT2D eigenvalue weighted by molar-refractivity contribution is 6.21. The maximum Gasteiger partial charge on any atom is 0.417 e. The van der Waals surface area contributed by atoms with E-state index < -0.39 is 29.0 Å². The van der Waals surface area contributed by atoms with Crippen LogP contribution >= 0.6 is 0 Å². The van der Waals surface area contributed by atoms with Crippen LogP contribution in [0, 0.1) is 11.3 Å². The molecular formula is C69H39F6N5. The lowest BCUT2D eigenvalue weighted by atomic mass is 9.92. The molecule has 0 spiro atoms. The zero-order valence-electron chi connectivity index (χ0n) is 42.0. The van der Waals surface area contributed by atoms with E-state index in [0.29, 0.717) is 28.6 Å². The molecule has 4 aromatic heterocycles. The molecule has 4 heterocycles. The van der Waals surface area contributed by atoms with Gasteiger partial charge in [0.15, 0.2) is 0 Å². The molecule has 11 aromatic carbocycles. The minimum Gasteiger partial charge on any atom is -0.309 e. The third-order valence-electron chi connectivity index (χ3n) is 15.8. The van der Waals surface area contributed by atoms with E-state index in [0.717, 1.165) is 105 Å². The highest BCUT2D eigenvalue weighted by Crippen LogP contribution is 2.48. The van der Waals surface area contributed by atoms with Gasteiger partial charge in [0.05, 0.1) is 78.3 Å². The Kier molecular flexibility index (Phi) is 10.2. The lowest BCUT2D eigenvalue weighted by Gasteiger charge is -2.21. The van der Waals surface area contributed by atoms with Gasteiger partial charge in [-0.15, -0.1) is 0 Å². The molecule has 0 fully saturated rings. The first kappa shape index (κ1) is 46.9. The molecule has 382 valence electrons. The van der Waals surface area contributed by atoms with E-state index in [1.807, 2.05) is 103 Å².